The molecule has 0 spiro atoms. The van der Waals surface area contributed by atoms with Gasteiger partial charge in [0.2, 0.25) is 0 Å². The van der Waals surface area contributed by atoms with E-state index in [1.165, 1.54) is 0 Å². The minimum atomic E-state index is -0.489. The molecule has 1 aromatic heterocycles. The molecule has 5 N–H and O–H groups in total. The first-order chi connectivity index (χ1) is 8.58. The molecule has 0 radical (unpaired) electrons. The Bertz CT molecular complexity index is 576. The maximum atomic E-state index is 11.3. The zero-order valence-electron chi connectivity index (χ0n) is 10.1. The molecule has 0 atom stereocenters. The Morgan fingerprint density at radius 1 is 1.50 bits per heavy atom. The van der Waals surface area contributed by atoms with Crippen molar-refractivity contribution in [3.05, 3.63) is 42.0 Å². The van der Waals surface area contributed by atoms with Crippen LogP contribution in [0.4, 0.5) is 11.4 Å². The Hall–Kier alpha value is -2.50. The quantitative estimate of drug-likeness (QED) is 0.691. The van der Waals surface area contributed by atoms with Gasteiger partial charge < -0.3 is 21.4 Å². The second-order valence-electron chi connectivity index (χ2n) is 3.98. The molecule has 0 fully saturated rings. The maximum Gasteiger partial charge on any atom is 0.250 e. The van der Waals surface area contributed by atoms with Gasteiger partial charge in [-0.05, 0) is 18.2 Å². The number of aryl methyl sites for hydroxylation is 1. The van der Waals surface area contributed by atoms with Gasteiger partial charge in [-0.1, -0.05) is 0 Å². The number of rotatable bonds is 4. The van der Waals surface area contributed by atoms with Crippen LogP contribution in [0.5, 0.6) is 0 Å². The molecule has 0 bridgehead atoms. The largest absolute Gasteiger partial charge is 0.399 e. The molecule has 6 nitrogen and oxygen atoms in total. The zero-order valence-corrected chi connectivity index (χ0v) is 10.1. The number of hydrogen-bond donors (Lipinski definition) is 3. The summed E-state index contributed by atoms with van der Waals surface area (Å²) in [4.78, 5) is 15.5. The number of hydrogen-bond acceptors (Lipinski definition) is 4. The van der Waals surface area contributed by atoms with Crippen LogP contribution in [0.2, 0.25) is 0 Å². The lowest BCUT2D eigenvalue weighted by Gasteiger charge is -2.10. The van der Waals surface area contributed by atoms with Crippen molar-refractivity contribution in [3.8, 4) is 0 Å². The highest BCUT2D eigenvalue weighted by Gasteiger charge is 2.09. The van der Waals surface area contributed by atoms with Crippen LogP contribution in [0, 0.1) is 0 Å². The average molecular weight is 245 g/mol. The lowest BCUT2D eigenvalue weighted by Crippen LogP contribution is -2.15. The van der Waals surface area contributed by atoms with Crippen molar-refractivity contribution in [2.24, 2.45) is 12.8 Å². The molecule has 1 heterocycles. The van der Waals surface area contributed by atoms with Gasteiger partial charge in [-0.3, -0.25) is 4.79 Å². The summed E-state index contributed by atoms with van der Waals surface area (Å²) in [7, 11) is 1.90. The Morgan fingerprint density at radius 2 is 2.28 bits per heavy atom. The molecule has 0 saturated carbocycles. The van der Waals surface area contributed by atoms with Gasteiger partial charge in [0.25, 0.3) is 5.91 Å². The molecule has 0 aliphatic carbocycles. The molecule has 18 heavy (non-hydrogen) atoms. The van der Waals surface area contributed by atoms with Crippen LogP contribution in [0.15, 0.2) is 30.6 Å². The van der Waals surface area contributed by atoms with E-state index in [2.05, 4.69) is 10.3 Å². The fourth-order valence-corrected chi connectivity index (χ4v) is 1.66. The van der Waals surface area contributed by atoms with Crippen LogP contribution >= 0.6 is 0 Å². The monoisotopic (exact) mass is 245 g/mol. The van der Waals surface area contributed by atoms with Gasteiger partial charge in [0, 0.05) is 30.8 Å². The molecular weight excluding hydrogens is 230 g/mol. The summed E-state index contributed by atoms with van der Waals surface area (Å²) >= 11 is 0. The second kappa shape index (κ2) is 4.79. The molecule has 0 aliphatic rings. The molecule has 0 aliphatic heterocycles. The van der Waals surface area contributed by atoms with Crippen LogP contribution in [-0.4, -0.2) is 15.5 Å². The number of amides is 1. The number of benzene rings is 1. The number of imidazole rings is 1. The summed E-state index contributed by atoms with van der Waals surface area (Å²) in [6.45, 7) is 0.493. The Morgan fingerprint density at radius 3 is 2.89 bits per heavy atom. The summed E-state index contributed by atoms with van der Waals surface area (Å²) in [5.74, 6) is 0.366. The third-order valence-electron chi connectivity index (χ3n) is 2.67. The van der Waals surface area contributed by atoms with Gasteiger partial charge in [-0.25, -0.2) is 4.98 Å². The van der Waals surface area contributed by atoms with Crippen molar-refractivity contribution in [2.75, 3.05) is 11.1 Å². The lowest BCUT2D eigenvalue weighted by atomic mass is 10.1. The van der Waals surface area contributed by atoms with Gasteiger partial charge in [-0.2, -0.15) is 0 Å². The molecule has 6 heteroatoms. The normalized spacial score (nSPS) is 10.3. The Labute approximate surface area is 105 Å². The van der Waals surface area contributed by atoms with Gasteiger partial charge >= 0.3 is 0 Å². The summed E-state index contributed by atoms with van der Waals surface area (Å²) in [5.41, 5.74) is 12.6. The number of nitrogen functional groups attached to an aromatic ring is 1. The third kappa shape index (κ3) is 2.42. The van der Waals surface area contributed by atoms with Gasteiger partial charge in [0.15, 0.2) is 0 Å². The molecule has 94 valence electrons. The molecule has 1 aromatic carbocycles. The number of aromatic nitrogens is 2. The molecule has 2 rings (SSSR count). The molecule has 1 amide bonds. The standard InChI is InChI=1S/C12H15N5O/c1-17-5-4-15-11(17)7-16-10-6-8(13)2-3-9(10)12(14)18/h2-6,16H,7,13H2,1H3,(H2,14,18). The van der Waals surface area contributed by atoms with Crippen molar-refractivity contribution >= 4 is 17.3 Å². The summed E-state index contributed by atoms with van der Waals surface area (Å²) in [6, 6.07) is 4.94. The van der Waals surface area contributed by atoms with Crippen molar-refractivity contribution in [1.82, 2.24) is 9.55 Å². The van der Waals surface area contributed by atoms with E-state index in [0.717, 1.165) is 5.82 Å². The maximum absolute atomic E-state index is 11.3. The Kier molecular flexibility index (Phi) is 3.18. The minimum Gasteiger partial charge on any atom is -0.399 e. The number of anilines is 2. The summed E-state index contributed by atoms with van der Waals surface area (Å²) < 4.78 is 1.89. The first-order valence-electron chi connectivity index (χ1n) is 5.47. The number of primary amides is 1. The van der Waals surface area contributed by atoms with Gasteiger partial charge in [-0.15, -0.1) is 0 Å². The number of nitrogens with one attached hydrogen (secondary N) is 1. The lowest BCUT2D eigenvalue weighted by molar-refractivity contribution is 0.100. The molecule has 2 aromatic rings. The fourth-order valence-electron chi connectivity index (χ4n) is 1.66. The third-order valence-corrected chi connectivity index (χ3v) is 2.67. The highest BCUT2D eigenvalue weighted by Crippen LogP contribution is 2.19. The van der Waals surface area contributed by atoms with E-state index in [1.807, 2.05) is 17.8 Å². The molecule has 0 saturated heterocycles. The van der Waals surface area contributed by atoms with E-state index in [9.17, 15) is 4.79 Å². The van der Waals surface area contributed by atoms with Crippen molar-refractivity contribution < 1.29 is 4.79 Å². The number of nitrogens with zero attached hydrogens (tertiary/aromatic N) is 2. The highest BCUT2D eigenvalue weighted by atomic mass is 16.1. The first-order valence-corrected chi connectivity index (χ1v) is 5.47. The van der Waals surface area contributed by atoms with Crippen molar-refractivity contribution in [1.29, 1.82) is 0 Å². The minimum absolute atomic E-state index is 0.415. The van der Waals surface area contributed by atoms with E-state index in [1.54, 1.807) is 24.4 Å². The van der Waals surface area contributed by atoms with Gasteiger partial charge in [0.1, 0.15) is 5.82 Å². The second-order valence-corrected chi connectivity index (χ2v) is 3.98. The average Bonchev–Trinajstić information content (AvgIpc) is 2.72. The van der Waals surface area contributed by atoms with Crippen LogP contribution in [0.25, 0.3) is 0 Å². The number of carbonyl (C=O) groups is 1. The van der Waals surface area contributed by atoms with E-state index in [4.69, 9.17) is 11.5 Å². The molecular formula is C12H15N5O. The summed E-state index contributed by atoms with van der Waals surface area (Å²) in [6.07, 6.45) is 3.57. The topological polar surface area (TPSA) is 99.0 Å². The van der Waals surface area contributed by atoms with Crippen LogP contribution in [0.1, 0.15) is 16.2 Å². The van der Waals surface area contributed by atoms with E-state index in [-0.39, 0.29) is 0 Å². The van der Waals surface area contributed by atoms with E-state index < -0.39 is 5.91 Å². The first kappa shape index (κ1) is 12.0. The smallest absolute Gasteiger partial charge is 0.250 e. The van der Waals surface area contributed by atoms with Crippen molar-refractivity contribution in [3.63, 3.8) is 0 Å². The van der Waals surface area contributed by atoms with Crippen LogP contribution < -0.4 is 16.8 Å². The van der Waals surface area contributed by atoms with Crippen molar-refractivity contribution in [2.45, 2.75) is 6.54 Å². The van der Waals surface area contributed by atoms with Gasteiger partial charge in [0.05, 0.1) is 12.1 Å². The highest BCUT2D eigenvalue weighted by molar-refractivity contribution is 5.99. The van der Waals surface area contributed by atoms with E-state index in [0.29, 0.717) is 23.5 Å². The van der Waals surface area contributed by atoms with Crippen LogP contribution in [0.3, 0.4) is 0 Å². The predicted octanol–water partition coefficient (Wildman–Crippen LogP) is 0.713. The summed E-state index contributed by atoms with van der Waals surface area (Å²) in [5, 5.41) is 3.11. The van der Waals surface area contributed by atoms with Crippen LogP contribution in [-0.2, 0) is 13.6 Å². The number of carbonyl (C=O) groups excluding carboxylic acids is 1. The SMILES string of the molecule is Cn1ccnc1CNc1cc(N)ccc1C(N)=O. The molecule has 0 unspecified atom stereocenters. The fraction of sp³-hybridized carbons (Fsp3) is 0.167. The zero-order chi connectivity index (χ0) is 13.1. The Balaban J connectivity index is 2.20. The number of nitrogens with two attached hydrogens (primary N) is 2. The predicted molar refractivity (Wildman–Crippen MR) is 69.9 cm³/mol. The van der Waals surface area contributed by atoms with E-state index >= 15 is 0 Å².